The Balaban J connectivity index is 2.02. The molecule has 1 unspecified atom stereocenters. The van der Waals surface area contributed by atoms with Crippen molar-refractivity contribution < 1.29 is 19.4 Å². The van der Waals surface area contributed by atoms with Crippen LogP contribution in [0.15, 0.2) is 42.6 Å². The van der Waals surface area contributed by atoms with Crippen molar-refractivity contribution in [1.29, 1.82) is 0 Å². The molecule has 1 atom stereocenters. The van der Waals surface area contributed by atoms with E-state index in [1.807, 2.05) is 60.8 Å². The molecule has 2 N–H and O–H groups in total. The fraction of sp³-hybridized carbons (Fsp3) is 0.348. The number of benzene rings is 1. The molecule has 158 valence electrons. The number of hydrogen-bond donors (Lipinski definition) is 2. The number of alkyl carbamates (subject to hydrolysis) is 1. The molecule has 7 nitrogen and oxygen atoms in total. The van der Waals surface area contributed by atoms with E-state index in [0.29, 0.717) is 17.0 Å². The number of aryl methyl sites for hydroxylation is 2. The molecule has 0 aliphatic carbocycles. The molecule has 0 bridgehead atoms. The normalized spacial score (nSPS) is 12.6. The van der Waals surface area contributed by atoms with Gasteiger partial charge in [0.05, 0.1) is 11.4 Å². The number of carbonyl (C=O) groups excluding carboxylic acids is 1. The lowest BCUT2D eigenvalue weighted by atomic mass is 10.0. The van der Waals surface area contributed by atoms with Crippen LogP contribution in [0.5, 0.6) is 0 Å². The molecule has 1 amide bonds. The van der Waals surface area contributed by atoms with E-state index < -0.39 is 23.7 Å². The Morgan fingerprint density at radius 3 is 2.33 bits per heavy atom. The van der Waals surface area contributed by atoms with E-state index in [-0.39, 0.29) is 6.42 Å². The molecule has 3 aromatic rings. The number of ether oxygens (including phenoxy) is 1. The van der Waals surface area contributed by atoms with Crippen molar-refractivity contribution in [2.45, 2.75) is 52.7 Å². The number of carboxylic acid groups (broad SMARTS) is 1. The maximum atomic E-state index is 12.2. The summed E-state index contributed by atoms with van der Waals surface area (Å²) in [6.45, 7) is 9.15. The van der Waals surface area contributed by atoms with Crippen LogP contribution in [0.1, 0.15) is 37.6 Å². The summed E-state index contributed by atoms with van der Waals surface area (Å²) >= 11 is 0. The number of amides is 1. The number of fused-ring (bicyclic) bond motifs is 1. The maximum absolute atomic E-state index is 12.2. The average Bonchev–Trinajstić information content (AvgIpc) is 2.98. The van der Waals surface area contributed by atoms with Crippen molar-refractivity contribution >= 4 is 17.7 Å². The molecule has 0 aliphatic rings. The van der Waals surface area contributed by atoms with Gasteiger partial charge in [0, 0.05) is 18.2 Å². The van der Waals surface area contributed by atoms with E-state index in [0.717, 1.165) is 16.7 Å². The summed E-state index contributed by atoms with van der Waals surface area (Å²) in [4.78, 5) is 28.8. The van der Waals surface area contributed by atoms with E-state index in [1.54, 1.807) is 20.8 Å². The molecule has 0 fully saturated rings. The Morgan fingerprint density at radius 1 is 1.10 bits per heavy atom. The summed E-state index contributed by atoms with van der Waals surface area (Å²) in [6.07, 6.45) is 1.21. The molecule has 30 heavy (non-hydrogen) atoms. The predicted octanol–water partition coefficient (Wildman–Crippen LogP) is 4.14. The molecule has 7 heteroatoms. The molecule has 2 aromatic heterocycles. The maximum Gasteiger partial charge on any atom is 0.408 e. The monoisotopic (exact) mass is 409 g/mol. The molecule has 2 heterocycles. The highest BCUT2D eigenvalue weighted by Gasteiger charge is 2.27. The Hall–Kier alpha value is -3.35. The largest absolute Gasteiger partial charge is 0.480 e. The van der Waals surface area contributed by atoms with Gasteiger partial charge in [-0.05, 0) is 46.2 Å². The first-order valence-corrected chi connectivity index (χ1v) is 9.80. The number of rotatable bonds is 5. The van der Waals surface area contributed by atoms with E-state index in [2.05, 4.69) is 5.32 Å². The first-order chi connectivity index (χ1) is 14.0. The van der Waals surface area contributed by atoms with Gasteiger partial charge in [0.1, 0.15) is 17.3 Å². The minimum absolute atomic E-state index is 0.0579. The Bertz CT molecular complexity index is 1080. The summed E-state index contributed by atoms with van der Waals surface area (Å²) in [7, 11) is 0. The van der Waals surface area contributed by atoms with Crippen LogP contribution < -0.4 is 5.32 Å². The predicted molar refractivity (Wildman–Crippen MR) is 115 cm³/mol. The highest BCUT2D eigenvalue weighted by atomic mass is 16.6. The SMILES string of the molecule is Cc1ccc(-c2nc3ccc(C)cn3c2CC(NC(=O)OC(C)(C)C)C(=O)O)cc1. The van der Waals surface area contributed by atoms with Gasteiger partial charge in [0.2, 0.25) is 0 Å². The third-order valence-electron chi connectivity index (χ3n) is 4.58. The van der Waals surface area contributed by atoms with Crippen LogP contribution in [0.3, 0.4) is 0 Å². The number of carboxylic acids is 1. The van der Waals surface area contributed by atoms with Crippen LogP contribution >= 0.6 is 0 Å². The second-order valence-electron chi connectivity index (χ2n) is 8.45. The van der Waals surface area contributed by atoms with E-state index >= 15 is 0 Å². The molecule has 0 saturated heterocycles. The number of imidazole rings is 1. The summed E-state index contributed by atoms with van der Waals surface area (Å²) in [6, 6.07) is 10.6. The molecule has 0 spiro atoms. The Kier molecular flexibility index (Phi) is 5.82. The van der Waals surface area contributed by atoms with Crippen LogP contribution in [-0.2, 0) is 16.0 Å². The second kappa shape index (κ2) is 8.18. The number of aromatic nitrogens is 2. The summed E-state index contributed by atoms with van der Waals surface area (Å²) < 4.78 is 7.12. The number of nitrogens with zero attached hydrogens (tertiary/aromatic N) is 2. The molecular formula is C23H27N3O4. The topological polar surface area (TPSA) is 92.9 Å². The van der Waals surface area contributed by atoms with Crippen LogP contribution in [-0.4, -0.2) is 38.2 Å². The van der Waals surface area contributed by atoms with Crippen molar-refractivity contribution in [3.05, 3.63) is 59.4 Å². The molecule has 0 aliphatic heterocycles. The fourth-order valence-corrected chi connectivity index (χ4v) is 3.18. The smallest absolute Gasteiger partial charge is 0.408 e. The number of carbonyl (C=O) groups is 2. The number of pyridine rings is 1. The minimum atomic E-state index is -1.16. The number of hydrogen-bond acceptors (Lipinski definition) is 4. The first kappa shape index (κ1) is 21.4. The number of nitrogens with one attached hydrogen (secondary N) is 1. The molecule has 1 aromatic carbocycles. The van der Waals surface area contributed by atoms with Gasteiger partial charge >= 0.3 is 12.1 Å². The zero-order chi connectivity index (χ0) is 22.1. The van der Waals surface area contributed by atoms with Gasteiger partial charge in [-0.2, -0.15) is 0 Å². The lowest BCUT2D eigenvalue weighted by Gasteiger charge is -2.22. The zero-order valence-electron chi connectivity index (χ0n) is 17.9. The molecular weight excluding hydrogens is 382 g/mol. The lowest BCUT2D eigenvalue weighted by Crippen LogP contribution is -2.44. The van der Waals surface area contributed by atoms with Gasteiger partial charge in [-0.15, -0.1) is 0 Å². The highest BCUT2D eigenvalue weighted by Crippen LogP contribution is 2.26. The number of aliphatic carboxylic acids is 1. The van der Waals surface area contributed by atoms with Gasteiger partial charge < -0.3 is 19.6 Å². The van der Waals surface area contributed by atoms with Crippen molar-refractivity contribution in [3.63, 3.8) is 0 Å². The zero-order valence-corrected chi connectivity index (χ0v) is 17.9. The van der Waals surface area contributed by atoms with Crippen molar-refractivity contribution in [2.24, 2.45) is 0 Å². The van der Waals surface area contributed by atoms with E-state index in [4.69, 9.17) is 9.72 Å². The summed E-state index contributed by atoms with van der Waals surface area (Å²) in [5, 5.41) is 12.2. The highest BCUT2D eigenvalue weighted by molar-refractivity contribution is 5.81. The lowest BCUT2D eigenvalue weighted by molar-refractivity contribution is -0.139. The van der Waals surface area contributed by atoms with Crippen LogP contribution in [0.25, 0.3) is 16.9 Å². The van der Waals surface area contributed by atoms with Crippen molar-refractivity contribution in [3.8, 4) is 11.3 Å². The van der Waals surface area contributed by atoms with Gasteiger partial charge in [-0.25, -0.2) is 14.6 Å². The van der Waals surface area contributed by atoms with Gasteiger partial charge in [-0.3, -0.25) is 0 Å². The Morgan fingerprint density at radius 2 is 1.73 bits per heavy atom. The van der Waals surface area contributed by atoms with Crippen LogP contribution in [0, 0.1) is 13.8 Å². The molecule has 0 radical (unpaired) electrons. The van der Waals surface area contributed by atoms with Gasteiger partial charge in [0.15, 0.2) is 0 Å². The minimum Gasteiger partial charge on any atom is -0.480 e. The molecule has 3 rings (SSSR count). The standard InChI is InChI=1S/C23H27N3O4/c1-14-6-9-16(10-7-14)20-18(26-13-15(2)8-11-19(26)25-20)12-17(21(27)28)24-22(29)30-23(3,4)5/h6-11,13,17H,12H2,1-5H3,(H,24,29)(H,27,28). The van der Waals surface area contributed by atoms with E-state index in [1.165, 1.54) is 0 Å². The summed E-state index contributed by atoms with van der Waals surface area (Å²) in [5.41, 5.74) is 4.42. The third kappa shape index (κ3) is 4.97. The first-order valence-electron chi connectivity index (χ1n) is 9.80. The van der Waals surface area contributed by atoms with Crippen LogP contribution in [0.4, 0.5) is 4.79 Å². The fourth-order valence-electron chi connectivity index (χ4n) is 3.18. The Labute approximate surface area is 175 Å². The summed E-state index contributed by atoms with van der Waals surface area (Å²) in [5.74, 6) is -1.14. The quantitative estimate of drug-likeness (QED) is 0.661. The van der Waals surface area contributed by atoms with Crippen LogP contribution in [0.2, 0.25) is 0 Å². The second-order valence-corrected chi connectivity index (χ2v) is 8.45. The third-order valence-corrected chi connectivity index (χ3v) is 4.58. The average molecular weight is 409 g/mol. The van der Waals surface area contributed by atoms with Crippen molar-refractivity contribution in [2.75, 3.05) is 0 Å². The van der Waals surface area contributed by atoms with Crippen molar-refractivity contribution in [1.82, 2.24) is 14.7 Å². The molecule has 0 saturated carbocycles. The van der Waals surface area contributed by atoms with Gasteiger partial charge in [-0.1, -0.05) is 35.9 Å². The van der Waals surface area contributed by atoms with Gasteiger partial charge in [0.25, 0.3) is 0 Å². The van der Waals surface area contributed by atoms with E-state index in [9.17, 15) is 14.7 Å².